The molecule has 0 spiro atoms. The molecule has 0 aromatic heterocycles. The molecule has 0 amide bonds. The molecule has 2 nitrogen and oxygen atoms in total. The summed E-state index contributed by atoms with van der Waals surface area (Å²) in [6.45, 7) is 13.2. The lowest BCUT2D eigenvalue weighted by molar-refractivity contribution is 0.264. The highest BCUT2D eigenvalue weighted by Crippen LogP contribution is 2.19. The first kappa shape index (κ1) is 13.9. The third-order valence-corrected chi connectivity index (χ3v) is 3.13. The normalized spacial score (nSPS) is 14.4. The van der Waals surface area contributed by atoms with Gasteiger partial charge in [0.1, 0.15) is 0 Å². The van der Waals surface area contributed by atoms with Crippen molar-refractivity contribution in [3.63, 3.8) is 0 Å². The van der Waals surface area contributed by atoms with Crippen LogP contribution in [0.3, 0.4) is 0 Å². The van der Waals surface area contributed by atoms with Gasteiger partial charge in [-0.15, -0.1) is 0 Å². The second kappa shape index (κ2) is 7.24. The molecule has 86 valence electrons. The van der Waals surface area contributed by atoms with Crippen molar-refractivity contribution in [2.75, 3.05) is 13.1 Å². The first-order valence-electron chi connectivity index (χ1n) is 5.96. The van der Waals surface area contributed by atoms with Crippen LogP contribution in [0.4, 0.5) is 0 Å². The van der Waals surface area contributed by atoms with Gasteiger partial charge in [-0.2, -0.15) is 0 Å². The molecule has 0 fully saturated rings. The Morgan fingerprint density at radius 1 is 1.07 bits per heavy atom. The Morgan fingerprint density at radius 2 is 1.57 bits per heavy atom. The Hall–Kier alpha value is -0.0800. The average molecular weight is 200 g/mol. The molecular weight excluding hydrogens is 172 g/mol. The van der Waals surface area contributed by atoms with Crippen LogP contribution in [0.5, 0.6) is 0 Å². The van der Waals surface area contributed by atoms with Crippen molar-refractivity contribution in [3.8, 4) is 0 Å². The minimum Gasteiger partial charge on any atom is -0.329 e. The molecular formula is C12H28N2. The Bertz CT molecular complexity index is 120. The van der Waals surface area contributed by atoms with Gasteiger partial charge < -0.3 is 11.1 Å². The second-order valence-corrected chi connectivity index (χ2v) is 4.90. The third kappa shape index (κ3) is 4.97. The molecule has 0 saturated heterocycles. The van der Waals surface area contributed by atoms with E-state index in [0.717, 1.165) is 37.3 Å². The predicted octanol–water partition coefficient (Wildman–Crippen LogP) is 2.24. The molecule has 0 aromatic rings. The van der Waals surface area contributed by atoms with Crippen molar-refractivity contribution < 1.29 is 0 Å². The summed E-state index contributed by atoms with van der Waals surface area (Å²) < 4.78 is 0. The molecule has 1 unspecified atom stereocenters. The smallest absolute Gasteiger partial charge is 0.0187 e. The minimum absolute atomic E-state index is 0.495. The Kier molecular flexibility index (Phi) is 7.20. The van der Waals surface area contributed by atoms with Crippen LogP contribution in [-0.2, 0) is 0 Å². The van der Waals surface area contributed by atoms with E-state index in [1.165, 1.54) is 0 Å². The van der Waals surface area contributed by atoms with Gasteiger partial charge in [-0.3, -0.25) is 0 Å². The van der Waals surface area contributed by atoms with E-state index in [2.05, 4.69) is 39.9 Å². The highest BCUT2D eigenvalue weighted by Gasteiger charge is 2.17. The van der Waals surface area contributed by atoms with Crippen LogP contribution in [-0.4, -0.2) is 19.1 Å². The van der Waals surface area contributed by atoms with E-state index >= 15 is 0 Å². The van der Waals surface area contributed by atoms with Gasteiger partial charge in [0.05, 0.1) is 0 Å². The van der Waals surface area contributed by atoms with Crippen molar-refractivity contribution in [1.29, 1.82) is 0 Å². The summed E-state index contributed by atoms with van der Waals surface area (Å²) >= 11 is 0. The van der Waals surface area contributed by atoms with Crippen molar-refractivity contribution >= 4 is 0 Å². The monoisotopic (exact) mass is 200 g/mol. The molecule has 0 bridgehead atoms. The zero-order valence-corrected chi connectivity index (χ0v) is 10.5. The van der Waals surface area contributed by atoms with E-state index in [1.54, 1.807) is 0 Å². The van der Waals surface area contributed by atoms with Gasteiger partial charge in [0.15, 0.2) is 0 Å². The van der Waals surface area contributed by atoms with Gasteiger partial charge in [0.25, 0.3) is 0 Å². The van der Waals surface area contributed by atoms with E-state index in [4.69, 9.17) is 5.73 Å². The van der Waals surface area contributed by atoms with E-state index < -0.39 is 0 Å². The predicted molar refractivity (Wildman–Crippen MR) is 64.3 cm³/mol. The molecule has 0 heterocycles. The van der Waals surface area contributed by atoms with Gasteiger partial charge in [-0.1, -0.05) is 34.6 Å². The van der Waals surface area contributed by atoms with Gasteiger partial charge in [-0.05, 0) is 30.7 Å². The SMILES string of the molecule is CCC(CN)NCC(C(C)C)C(C)C. The first-order chi connectivity index (χ1) is 6.52. The van der Waals surface area contributed by atoms with Crippen LogP contribution >= 0.6 is 0 Å². The maximum atomic E-state index is 5.66. The van der Waals surface area contributed by atoms with Crippen LogP contribution in [0.2, 0.25) is 0 Å². The zero-order chi connectivity index (χ0) is 11.1. The van der Waals surface area contributed by atoms with E-state index in [-0.39, 0.29) is 0 Å². The van der Waals surface area contributed by atoms with Crippen LogP contribution in [0.15, 0.2) is 0 Å². The molecule has 0 aromatic carbocycles. The summed E-state index contributed by atoms with van der Waals surface area (Å²) in [7, 11) is 0. The van der Waals surface area contributed by atoms with Gasteiger partial charge in [0.2, 0.25) is 0 Å². The lowest BCUT2D eigenvalue weighted by Gasteiger charge is -2.27. The van der Waals surface area contributed by atoms with Gasteiger partial charge in [-0.25, -0.2) is 0 Å². The maximum Gasteiger partial charge on any atom is 0.0187 e. The van der Waals surface area contributed by atoms with Gasteiger partial charge in [0, 0.05) is 12.6 Å². The van der Waals surface area contributed by atoms with Crippen molar-refractivity contribution in [2.45, 2.75) is 47.1 Å². The molecule has 0 aliphatic carbocycles. The summed E-state index contributed by atoms with van der Waals surface area (Å²) in [4.78, 5) is 0. The quantitative estimate of drug-likeness (QED) is 0.661. The maximum absolute atomic E-state index is 5.66. The van der Waals surface area contributed by atoms with Crippen LogP contribution in [0.25, 0.3) is 0 Å². The number of hydrogen-bond donors (Lipinski definition) is 2. The fraction of sp³-hybridized carbons (Fsp3) is 1.00. The topological polar surface area (TPSA) is 38.0 Å². The molecule has 3 N–H and O–H groups in total. The minimum atomic E-state index is 0.495. The van der Waals surface area contributed by atoms with Crippen molar-refractivity contribution in [3.05, 3.63) is 0 Å². The van der Waals surface area contributed by atoms with E-state index in [9.17, 15) is 0 Å². The molecule has 0 aliphatic heterocycles. The number of nitrogens with one attached hydrogen (secondary N) is 1. The van der Waals surface area contributed by atoms with E-state index in [0.29, 0.717) is 6.04 Å². The third-order valence-electron chi connectivity index (χ3n) is 3.13. The summed E-state index contributed by atoms with van der Waals surface area (Å²) in [6.07, 6.45) is 1.12. The Balaban J connectivity index is 3.92. The summed E-state index contributed by atoms with van der Waals surface area (Å²) in [6, 6.07) is 0.495. The largest absolute Gasteiger partial charge is 0.329 e. The summed E-state index contributed by atoms with van der Waals surface area (Å²) in [5.74, 6) is 2.26. The molecule has 0 saturated carbocycles. The lowest BCUT2D eigenvalue weighted by Crippen LogP contribution is -2.40. The Morgan fingerprint density at radius 3 is 1.86 bits per heavy atom. The average Bonchev–Trinajstić information content (AvgIpc) is 2.11. The van der Waals surface area contributed by atoms with Crippen LogP contribution in [0.1, 0.15) is 41.0 Å². The van der Waals surface area contributed by atoms with Crippen LogP contribution in [0, 0.1) is 17.8 Å². The van der Waals surface area contributed by atoms with Crippen molar-refractivity contribution in [1.82, 2.24) is 5.32 Å². The standard InChI is InChI=1S/C12H28N2/c1-6-11(7-13)14-8-12(9(2)3)10(4)5/h9-12,14H,6-8,13H2,1-5H3. The van der Waals surface area contributed by atoms with Gasteiger partial charge >= 0.3 is 0 Å². The molecule has 0 aliphatic rings. The second-order valence-electron chi connectivity index (χ2n) is 4.90. The van der Waals surface area contributed by atoms with E-state index in [1.807, 2.05) is 0 Å². The number of rotatable bonds is 7. The molecule has 1 atom stereocenters. The molecule has 14 heavy (non-hydrogen) atoms. The number of nitrogens with two attached hydrogens (primary N) is 1. The van der Waals surface area contributed by atoms with Crippen LogP contribution < -0.4 is 11.1 Å². The lowest BCUT2D eigenvalue weighted by atomic mass is 9.85. The fourth-order valence-electron chi connectivity index (χ4n) is 1.94. The summed E-state index contributed by atoms with van der Waals surface area (Å²) in [5.41, 5.74) is 5.66. The fourth-order valence-corrected chi connectivity index (χ4v) is 1.94. The Labute approximate surface area is 89.6 Å². The molecule has 2 heteroatoms. The zero-order valence-electron chi connectivity index (χ0n) is 10.5. The number of hydrogen-bond acceptors (Lipinski definition) is 2. The highest BCUT2D eigenvalue weighted by molar-refractivity contribution is 4.73. The van der Waals surface area contributed by atoms with Crippen molar-refractivity contribution in [2.24, 2.45) is 23.5 Å². The first-order valence-corrected chi connectivity index (χ1v) is 5.96. The molecule has 0 radical (unpaired) electrons. The molecule has 0 rings (SSSR count). The highest BCUT2D eigenvalue weighted by atomic mass is 14.9. The summed E-state index contributed by atoms with van der Waals surface area (Å²) in [5, 5.41) is 3.56.